The summed E-state index contributed by atoms with van der Waals surface area (Å²) in [6.07, 6.45) is 0. The quantitative estimate of drug-likeness (QED) is 0.727. The molecule has 7 nitrogen and oxygen atoms in total. The maximum atomic E-state index is 11.5. The van der Waals surface area contributed by atoms with E-state index in [0.29, 0.717) is 0 Å². The van der Waals surface area contributed by atoms with Crippen LogP contribution in [0.3, 0.4) is 0 Å². The first kappa shape index (κ1) is 12.2. The normalized spacial score (nSPS) is 9.94. The Bertz CT molecular complexity index is 399. The fourth-order valence-corrected chi connectivity index (χ4v) is 1.14. The number of methoxy groups -OCH3 is 2. The minimum Gasteiger partial charge on any atom is -0.465 e. The Morgan fingerprint density at radius 2 is 2.12 bits per heavy atom. The summed E-state index contributed by atoms with van der Waals surface area (Å²) < 4.78 is 14.2. The van der Waals surface area contributed by atoms with E-state index in [9.17, 15) is 9.59 Å². The van der Waals surface area contributed by atoms with Gasteiger partial charge in [-0.25, -0.2) is 4.79 Å². The van der Waals surface area contributed by atoms with Crippen LogP contribution < -0.4 is 5.32 Å². The molecule has 1 amide bonds. The number of nitrogens with one attached hydrogen (secondary N) is 1. The molecule has 88 valence electrons. The number of carbonyl (C=O) groups is 2. The average molecular weight is 228 g/mol. The first-order chi connectivity index (χ1) is 7.65. The van der Waals surface area contributed by atoms with Crippen LogP contribution in [0.4, 0.5) is 0 Å². The summed E-state index contributed by atoms with van der Waals surface area (Å²) in [5, 5.41) is 5.85. The molecule has 0 saturated carbocycles. The van der Waals surface area contributed by atoms with Crippen LogP contribution in [0.25, 0.3) is 0 Å². The summed E-state index contributed by atoms with van der Waals surface area (Å²) in [5.41, 5.74) is -0.120. The number of amides is 1. The lowest BCUT2D eigenvalue weighted by molar-refractivity contribution is 0.0588. The van der Waals surface area contributed by atoms with Gasteiger partial charge in [0.1, 0.15) is 12.2 Å². The highest BCUT2D eigenvalue weighted by molar-refractivity contribution is 6.04. The van der Waals surface area contributed by atoms with E-state index in [0.717, 1.165) is 0 Å². The number of hydrogen-bond donors (Lipinski definition) is 1. The van der Waals surface area contributed by atoms with E-state index in [2.05, 4.69) is 15.2 Å². The van der Waals surface area contributed by atoms with E-state index in [1.54, 1.807) is 0 Å². The molecule has 0 bridgehead atoms. The Balaban J connectivity index is 3.19. The predicted molar refractivity (Wildman–Crippen MR) is 51.9 cm³/mol. The third-order valence-corrected chi connectivity index (χ3v) is 1.87. The molecule has 1 aromatic heterocycles. The number of rotatable bonds is 4. The SMILES string of the molecule is CNC(=O)c1noc(COC)c1C(=O)OC. The van der Waals surface area contributed by atoms with Crippen molar-refractivity contribution in [3.05, 3.63) is 17.0 Å². The second kappa shape index (κ2) is 5.26. The summed E-state index contributed by atoms with van der Waals surface area (Å²) in [6, 6.07) is 0. The van der Waals surface area contributed by atoms with Crippen LogP contribution in [-0.4, -0.2) is 38.3 Å². The lowest BCUT2D eigenvalue weighted by atomic mass is 10.2. The molecule has 7 heteroatoms. The van der Waals surface area contributed by atoms with Crippen molar-refractivity contribution in [2.45, 2.75) is 6.61 Å². The van der Waals surface area contributed by atoms with Crippen molar-refractivity contribution in [1.82, 2.24) is 10.5 Å². The third kappa shape index (κ3) is 2.19. The molecule has 0 spiro atoms. The van der Waals surface area contributed by atoms with Gasteiger partial charge >= 0.3 is 5.97 Å². The fourth-order valence-electron chi connectivity index (χ4n) is 1.14. The molecule has 1 N–H and O–H groups in total. The van der Waals surface area contributed by atoms with Crippen LogP contribution in [0.15, 0.2) is 4.52 Å². The fraction of sp³-hybridized carbons (Fsp3) is 0.444. The van der Waals surface area contributed by atoms with E-state index in [-0.39, 0.29) is 23.6 Å². The predicted octanol–water partition coefficient (Wildman–Crippen LogP) is -0.0328. The Labute approximate surface area is 91.7 Å². The molecule has 0 atom stereocenters. The van der Waals surface area contributed by atoms with E-state index in [4.69, 9.17) is 9.26 Å². The highest BCUT2D eigenvalue weighted by atomic mass is 16.5. The van der Waals surface area contributed by atoms with Crippen LogP contribution in [-0.2, 0) is 16.1 Å². The average Bonchev–Trinajstić information content (AvgIpc) is 2.71. The highest BCUT2D eigenvalue weighted by Crippen LogP contribution is 2.16. The summed E-state index contributed by atoms with van der Waals surface area (Å²) in [6.45, 7) is 0.0361. The lowest BCUT2D eigenvalue weighted by Crippen LogP contribution is -2.21. The lowest BCUT2D eigenvalue weighted by Gasteiger charge is -2.00. The molecule has 0 aliphatic rings. The van der Waals surface area contributed by atoms with E-state index < -0.39 is 11.9 Å². The summed E-state index contributed by atoms with van der Waals surface area (Å²) in [4.78, 5) is 22.8. The van der Waals surface area contributed by atoms with Gasteiger partial charge in [0.25, 0.3) is 5.91 Å². The van der Waals surface area contributed by atoms with Crippen molar-refractivity contribution >= 4 is 11.9 Å². The number of carbonyl (C=O) groups excluding carboxylic acids is 2. The van der Waals surface area contributed by atoms with E-state index in [1.165, 1.54) is 21.3 Å². The van der Waals surface area contributed by atoms with Crippen molar-refractivity contribution in [3.63, 3.8) is 0 Å². The number of nitrogens with zero attached hydrogens (tertiary/aromatic N) is 1. The zero-order valence-electron chi connectivity index (χ0n) is 9.20. The zero-order chi connectivity index (χ0) is 12.1. The van der Waals surface area contributed by atoms with Crippen molar-refractivity contribution < 1.29 is 23.6 Å². The van der Waals surface area contributed by atoms with Gasteiger partial charge < -0.3 is 19.3 Å². The maximum absolute atomic E-state index is 11.5. The number of esters is 1. The molecule has 0 unspecified atom stereocenters. The molecule has 0 saturated heterocycles. The molecule has 16 heavy (non-hydrogen) atoms. The van der Waals surface area contributed by atoms with Gasteiger partial charge in [-0.05, 0) is 0 Å². The Morgan fingerprint density at radius 1 is 1.44 bits per heavy atom. The molecule has 0 fully saturated rings. The van der Waals surface area contributed by atoms with Gasteiger partial charge in [-0.1, -0.05) is 5.16 Å². The molecule has 0 aliphatic heterocycles. The van der Waals surface area contributed by atoms with Crippen molar-refractivity contribution in [2.24, 2.45) is 0 Å². The van der Waals surface area contributed by atoms with E-state index >= 15 is 0 Å². The van der Waals surface area contributed by atoms with Gasteiger partial charge in [-0.15, -0.1) is 0 Å². The highest BCUT2D eigenvalue weighted by Gasteiger charge is 2.27. The molecular formula is C9H12N2O5. The smallest absolute Gasteiger partial charge is 0.344 e. The van der Waals surface area contributed by atoms with E-state index in [1.807, 2.05) is 0 Å². The molecule has 1 rings (SSSR count). The van der Waals surface area contributed by atoms with Crippen molar-refractivity contribution in [2.75, 3.05) is 21.3 Å². The Morgan fingerprint density at radius 3 is 2.62 bits per heavy atom. The summed E-state index contributed by atoms with van der Waals surface area (Å²) in [5.74, 6) is -1.05. The molecule has 1 heterocycles. The minimum absolute atomic E-state index is 0.0105. The monoisotopic (exact) mass is 228 g/mol. The van der Waals surface area contributed by atoms with Gasteiger partial charge in [0.05, 0.1) is 7.11 Å². The van der Waals surface area contributed by atoms with Gasteiger partial charge in [0, 0.05) is 14.2 Å². The van der Waals surface area contributed by atoms with Crippen LogP contribution in [0.5, 0.6) is 0 Å². The standard InChI is InChI=1S/C9H12N2O5/c1-10-8(12)7-6(9(13)15-3)5(4-14-2)16-11-7/h4H2,1-3H3,(H,10,12). The number of hydrogen-bond acceptors (Lipinski definition) is 6. The van der Waals surface area contributed by atoms with Crippen molar-refractivity contribution in [1.29, 1.82) is 0 Å². The number of ether oxygens (including phenoxy) is 2. The second-order valence-electron chi connectivity index (χ2n) is 2.83. The summed E-state index contributed by atoms with van der Waals surface area (Å²) >= 11 is 0. The summed E-state index contributed by atoms with van der Waals surface area (Å²) in [7, 11) is 4.07. The topological polar surface area (TPSA) is 90.7 Å². The first-order valence-electron chi connectivity index (χ1n) is 4.43. The van der Waals surface area contributed by atoms with Crippen LogP contribution >= 0.6 is 0 Å². The molecule has 0 aromatic carbocycles. The Kier molecular flexibility index (Phi) is 4.01. The molecular weight excluding hydrogens is 216 g/mol. The second-order valence-corrected chi connectivity index (χ2v) is 2.83. The number of aromatic nitrogens is 1. The van der Waals surface area contributed by atoms with Crippen LogP contribution in [0, 0.1) is 0 Å². The molecule has 0 aliphatic carbocycles. The van der Waals surface area contributed by atoms with Gasteiger partial charge in [-0.3, -0.25) is 4.79 Å². The van der Waals surface area contributed by atoms with Gasteiger partial charge in [-0.2, -0.15) is 0 Å². The molecule has 0 radical (unpaired) electrons. The van der Waals surface area contributed by atoms with Crippen LogP contribution in [0.2, 0.25) is 0 Å². The third-order valence-electron chi connectivity index (χ3n) is 1.87. The van der Waals surface area contributed by atoms with Gasteiger partial charge in [0.15, 0.2) is 11.5 Å². The molecule has 1 aromatic rings. The zero-order valence-corrected chi connectivity index (χ0v) is 9.20. The van der Waals surface area contributed by atoms with Gasteiger partial charge in [0.2, 0.25) is 0 Å². The van der Waals surface area contributed by atoms with Crippen molar-refractivity contribution in [3.8, 4) is 0 Å². The maximum Gasteiger partial charge on any atom is 0.344 e. The Hall–Kier alpha value is -1.89. The largest absolute Gasteiger partial charge is 0.465 e. The van der Waals surface area contributed by atoms with Crippen LogP contribution in [0.1, 0.15) is 26.6 Å². The minimum atomic E-state index is -0.688. The first-order valence-corrected chi connectivity index (χ1v) is 4.43.